The van der Waals surface area contributed by atoms with Crippen molar-refractivity contribution in [1.29, 1.82) is 0 Å². The van der Waals surface area contributed by atoms with Gasteiger partial charge in [-0.05, 0) is 32.4 Å². The number of nitro groups is 1. The van der Waals surface area contributed by atoms with Crippen LogP contribution in [-0.2, 0) is 0 Å². The third kappa shape index (κ3) is 4.18. The van der Waals surface area contributed by atoms with Crippen LogP contribution in [0.4, 0.5) is 11.4 Å². The van der Waals surface area contributed by atoms with E-state index in [0.29, 0.717) is 6.54 Å². The second-order valence-electron chi connectivity index (χ2n) is 5.30. The van der Waals surface area contributed by atoms with Crippen LogP contribution in [0.25, 0.3) is 0 Å². The normalized spacial score (nSPS) is 10.7. The number of benzene rings is 1. The van der Waals surface area contributed by atoms with E-state index in [4.69, 9.17) is 5.73 Å². The number of carbonyl (C=O) groups is 1. The van der Waals surface area contributed by atoms with Gasteiger partial charge < -0.3 is 10.6 Å². The third-order valence-electron chi connectivity index (χ3n) is 3.37. The lowest BCUT2D eigenvalue weighted by molar-refractivity contribution is -0.384. The summed E-state index contributed by atoms with van der Waals surface area (Å²) in [6.07, 6.45) is 2.96. The highest BCUT2D eigenvalue weighted by molar-refractivity contribution is 6.00. The van der Waals surface area contributed by atoms with E-state index < -0.39 is 4.92 Å². The number of unbranched alkanes of at least 4 members (excludes halogenated alkanes) is 2. The lowest BCUT2D eigenvalue weighted by Crippen LogP contribution is -2.38. The van der Waals surface area contributed by atoms with E-state index in [2.05, 4.69) is 6.92 Å². The molecule has 0 atom stereocenters. The minimum absolute atomic E-state index is 0.0168. The quantitative estimate of drug-likeness (QED) is 0.362. The van der Waals surface area contributed by atoms with Gasteiger partial charge in [0.25, 0.3) is 5.91 Å². The Bertz CT molecular complexity index is 515. The molecule has 1 aromatic carbocycles. The molecule has 1 rings (SSSR count). The molecule has 0 aromatic heterocycles. The summed E-state index contributed by atoms with van der Waals surface area (Å²) in [6, 6.07) is 4.45. The van der Waals surface area contributed by atoms with Crippen molar-refractivity contribution in [2.45, 2.75) is 46.1 Å². The largest absolute Gasteiger partial charge is 0.393 e. The number of nitrogens with zero attached hydrogens (tertiary/aromatic N) is 2. The zero-order chi connectivity index (χ0) is 16.0. The van der Waals surface area contributed by atoms with Crippen molar-refractivity contribution in [2.24, 2.45) is 0 Å². The van der Waals surface area contributed by atoms with Gasteiger partial charge in [0, 0.05) is 12.6 Å². The Morgan fingerprint density at radius 3 is 2.57 bits per heavy atom. The SMILES string of the molecule is CCCCCN(C(=O)c1cccc(N)c1[N+](=O)[O-])C(C)C. The van der Waals surface area contributed by atoms with Gasteiger partial charge in [-0.2, -0.15) is 0 Å². The van der Waals surface area contributed by atoms with Crippen molar-refractivity contribution < 1.29 is 9.72 Å². The number of para-hydroxylation sites is 1. The molecule has 0 fully saturated rings. The van der Waals surface area contributed by atoms with Crippen molar-refractivity contribution in [3.63, 3.8) is 0 Å². The summed E-state index contributed by atoms with van der Waals surface area (Å²) in [5, 5.41) is 11.2. The minimum atomic E-state index is -0.590. The molecule has 0 aliphatic rings. The Labute approximate surface area is 125 Å². The summed E-state index contributed by atoms with van der Waals surface area (Å²) in [6.45, 7) is 6.49. The van der Waals surface area contributed by atoms with Crippen LogP contribution in [0.2, 0.25) is 0 Å². The molecule has 6 nitrogen and oxygen atoms in total. The molecule has 0 spiro atoms. The van der Waals surface area contributed by atoms with Gasteiger partial charge in [0.05, 0.1) is 4.92 Å². The van der Waals surface area contributed by atoms with E-state index in [9.17, 15) is 14.9 Å². The van der Waals surface area contributed by atoms with Crippen LogP contribution in [0.3, 0.4) is 0 Å². The maximum Gasteiger partial charge on any atom is 0.304 e. The van der Waals surface area contributed by atoms with Crippen LogP contribution < -0.4 is 5.73 Å². The smallest absolute Gasteiger partial charge is 0.304 e. The van der Waals surface area contributed by atoms with Crippen molar-refractivity contribution in [3.05, 3.63) is 33.9 Å². The summed E-state index contributed by atoms with van der Waals surface area (Å²) < 4.78 is 0. The van der Waals surface area contributed by atoms with Crippen molar-refractivity contribution in [3.8, 4) is 0 Å². The standard InChI is InChI=1S/C15H23N3O3/c1-4-5-6-10-17(11(2)3)15(19)12-8-7-9-13(16)14(12)18(20)21/h7-9,11H,4-6,10,16H2,1-3H3. The number of amides is 1. The summed E-state index contributed by atoms with van der Waals surface area (Å²) in [7, 11) is 0. The Morgan fingerprint density at radius 1 is 1.38 bits per heavy atom. The maximum atomic E-state index is 12.6. The van der Waals surface area contributed by atoms with Crippen LogP contribution >= 0.6 is 0 Å². The van der Waals surface area contributed by atoms with E-state index in [1.807, 2.05) is 13.8 Å². The van der Waals surface area contributed by atoms with Gasteiger partial charge in [-0.3, -0.25) is 14.9 Å². The molecule has 2 N–H and O–H groups in total. The molecule has 0 radical (unpaired) electrons. The number of nitrogens with two attached hydrogens (primary N) is 1. The first-order valence-corrected chi connectivity index (χ1v) is 7.24. The number of hydrogen-bond donors (Lipinski definition) is 1. The molecular formula is C15H23N3O3. The molecule has 0 saturated carbocycles. The van der Waals surface area contributed by atoms with Crippen LogP contribution in [0, 0.1) is 10.1 Å². The molecule has 6 heteroatoms. The third-order valence-corrected chi connectivity index (χ3v) is 3.37. The average Bonchev–Trinajstić information content (AvgIpc) is 2.41. The van der Waals surface area contributed by atoms with Gasteiger partial charge in [0.2, 0.25) is 0 Å². The Hall–Kier alpha value is -2.11. The number of hydrogen-bond acceptors (Lipinski definition) is 4. The van der Waals surface area contributed by atoms with E-state index in [1.54, 1.807) is 11.0 Å². The monoisotopic (exact) mass is 293 g/mol. The maximum absolute atomic E-state index is 12.6. The Kier molecular flexibility index (Phi) is 6.14. The molecule has 1 aromatic rings. The summed E-state index contributed by atoms with van der Waals surface area (Å²) in [5.41, 5.74) is 5.42. The molecule has 0 bridgehead atoms. The van der Waals surface area contributed by atoms with Crippen molar-refractivity contribution >= 4 is 17.3 Å². The first kappa shape index (κ1) is 16.9. The summed E-state index contributed by atoms with van der Waals surface area (Å²) in [5.74, 6) is -0.333. The van der Waals surface area contributed by atoms with E-state index >= 15 is 0 Å². The topological polar surface area (TPSA) is 89.5 Å². The highest BCUT2D eigenvalue weighted by atomic mass is 16.6. The molecule has 1 amide bonds. The number of carbonyl (C=O) groups excluding carboxylic acids is 1. The second kappa shape index (κ2) is 7.61. The van der Waals surface area contributed by atoms with Crippen molar-refractivity contribution in [2.75, 3.05) is 12.3 Å². The van der Waals surface area contributed by atoms with Gasteiger partial charge in [0.1, 0.15) is 11.3 Å². The number of anilines is 1. The Balaban J connectivity index is 3.09. The molecule has 0 heterocycles. The minimum Gasteiger partial charge on any atom is -0.393 e. The lowest BCUT2D eigenvalue weighted by Gasteiger charge is -2.26. The molecule has 0 aliphatic carbocycles. The highest BCUT2D eigenvalue weighted by Crippen LogP contribution is 2.27. The fourth-order valence-corrected chi connectivity index (χ4v) is 2.22. The molecule has 21 heavy (non-hydrogen) atoms. The average molecular weight is 293 g/mol. The summed E-state index contributed by atoms with van der Waals surface area (Å²) in [4.78, 5) is 24.9. The van der Waals surface area contributed by atoms with Crippen LogP contribution in [0.5, 0.6) is 0 Å². The zero-order valence-corrected chi connectivity index (χ0v) is 12.8. The van der Waals surface area contributed by atoms with Gasteiger partial charge in [-0.15, -0.1) is 0 Å². The molecular weight excluding hydrogens is 270 g/mol. The van der Waals surface area contributed by atoms with Crippen LogP contribution in [0.15, 0.2) is 18.2 Å². The van der Waals surface area contributed by atoms with Gasteiger partial charge in [0.15, 0.2) is 0 Å². The lowest BCUT2D eigenvalue weighted by atomic mass is 10.1. The number of nitrogen functional groups attached to an aromatic ring is 1. The molecule has 0 unspecified atom stereocenters. The van der Waals surface area contributed by atoms with Crippen LogP contribution in [0.1, 0.15) is 50.4 Å². The fraction of sp³-hybridized carbons (Fsp3) is 0.533. The second-order valence-corrected chi connectivity index (χ2v) is 5.30. The van der Waals surface area contributed by atoms with Crippen molar-refractivity contribution in [1.82, 2.24) is 4.90 Å². The van der Waals surface area contributed by atoms with E-state index in [1.165, 1.54) is 12.1 Å². The zero-order valence-electron chi connectivity index (χ0n) is 12.8. The van der Waals surface area contributed by atoms with E-state index in [0.717, 1.165) is 19.3 Å². The predicted octanol–water partition coefficient (Wildman–Crippen LogP) is 3.22. The molecule has 0 aliphatic heterocycles. The number of nitro benzene ring substituents is 1. The predicted molar refractivity (Wildman–Crippen MR) is 83.2 cm³/mol. The van der Waals surface area contributed by atoms with E-state index in [-0.39, 0.29) is 28.9 Å². The van der Waals surface area contributed by atoms with Crippen LogP contribution in [-0.4, -0.2) is 28.3 Å². The van der Waals surface area contributed by atoms with Gasteiger partial charge >= 0.3 is 5.69 Å². The molecule has 0 saturated heterocycles. The number of rotatable bonds is 7. The van der Waals surface area contributed by atoms with Gasteiger partial charge in [-0.25, -0.2) is 0 Å². The molecule has 116 valence electrons. The first-order valence-electron chi connectivity index (χ1n) is 7.24. The Morgan fingerprint density at radius 2 is 2.05 bits per heavy atom. The summed E-state index contributed by atoms with van der Waals surface area (Å²) >= 11 is 0. The van der Waals surface area contributed by atoms with Gasteiger partial charge in [-0.1, -0.05) is 25.8 Å². The highest BCUT2D eigenvalue weighted by Gasteiger charge is 2.27. The first-order chi connectivity index (χ1) is 9.90. The fourth-order valence-electron chi connectivity index (χ4n) is 2.22.